The molecule has 0 aliphatic heterocycles. The molecule has 0 aliphatic rings. The minimum absolute atomic E-state index is 0.804. The van der Waals surface area contributed by atoms with Gasteiger partial charge in [-0.2, -0.15) is 0 Å². The first kappa shape index (κ1) is 17.5. The van der Waals surface area contributed by atoms with Crippen molar-refractivity contribution in [1.82, 2.24) is 15.6 Å². The van der Waals surface area contributed by atoms with Crippen LogP contribution in [0.25, 0.3) is 0 Å². The third kappa shape index (κ3) is 6.06. The number of nitrogens with zero attached hydrogens (tertiary/aromatic N) is 2. The topological polar surface area (TPSA) is 62.5 Å². The Morgan fingerprint density at radius 2 is 2.04 bits per heavy atom. The van der Waals surface area contributed by atoms with Gasteiger partial charge in [-0.25, -0.2) is 4.98 Å². The van der Waals surface area contributed by atoms with Crippen molar-refractivity contribution in [3.63, 3.8) is 0 Å². The largest absolute Gasteiger partial charge is 0.469 e. The number of aromatic nitrogens is 1. The van der Waals surface area contributed by atoms with Crippen molar-refractivity contribution in [2.45, 2.75) is 40.0 Å². The van der Waals surface area contributed by atoms with E-state index in [1.807, 2.05) is 12.1 Å². The second-order valence-electron chi connectivity index (χ2n) is 5.41. The zero-order valence-electron chi connectivity index (χ0n) is 14.2. The van der Waals surface area contributed by atoms with Gasteiger partial charge >= 0.3 is 0 Å². The van der Waals surface area contributed by atoms with Crippen LogP contribution in [0.15, 0.2) is 27.8 Å². The SMILES string of the molecule is CCCN=C(NCCc1ccco1)NCCc1nc(C)c(C)s1. The van der Waals surface area contributed by atoms with Gasteiger partial charge in [-0.3, -0.25) is 4.99 Å². The monoisotopic (exact) mass is 334 g/mol. The fourth-order valence-electron chi connectivity index (χ4n) is 2.09. The smallest absolute Gasteiger partial charge is 0.191 e. The van der Waals surface area contributed by atoms with Crippen LogP contribution in [0.2, 0.25) is 0 Å². The number of guanidine groups is 1. The van der Waals surface area contributed by atoms with Gasteiger partial charge in [-0.05, 0) is 32.4 Å². The molecule has 0 spiro atoms. The van der Waals surface area contributed by atoms with Gasteiger partial charge in [0.15, 0.2) is 5.96 Å². The van der Waals surface area contributed by atoms with Gasteiger partial charge in [0.05, 0.1) is 17.0 Å². The fourth-order valence-corrected chi connectivity index (χ4v) is 3.02. The highest BCUT2D eigenvalue weighted by molar-refractivity contribution is 7.11. The first-order valence-corrected chi connectivity index (χ1v) is 8.98. The summed E-state index contributed by atoms with van der Waals surface area (Å²) < 4.78 is 5.34. The molecule has 0 unspecified atom stereocenters. The average molecular weight is 334 g/mol. The van der Waals surface area contributed by atoms with E-state index in [0.717, 1.165) is 56.3 Å². The highest BCUT2D eigenvalue weighted by Crippen LogP contribution is 2.16. The van der Waals surface area contributed by atoms with Crippen molar-refractivity contribution in [2.75, 3.05) is 19.6 Å². The lowest BCUT2D eigenvalue weighted by Crippen LogP contribution is -2.39. The van der Waals surface area contributed by atoms with Crippen molar-refractivity contribution in [3.05, 3.63) is 39.7 Å². The number of furan rings is 1. The van der Waals surface area contributed by atoms with E-state index < -0.39 is 0 Å². The number of hydrogen-bond donors (Lipinski definition) is 2. The van der Waals surface area contributed by atoms with E-state index in [0.29, 0.717) is 0 Å². The highest BCUT2D eigenvalue weighted by Gasteiger charge is 2.04. The molecule has 0 amide bonds. The lowest BCUT2D eigenvalue weighted by atomic mass is 10.3. The van der Waals surface area contributed by atoms with Crippen molar-refractivity contribution >= 4 is 17.3 Å². The van der Waals surface area contributed by atoms with Crippen molar-refractivity contribution in [3.8, 4) is 0 Å². The molecule has 2 heterocycles. The third-order valence-corrected chi connectivity index (χ3v) is 4.57. The van der Waals surface area contributed by atoms with Gasteiger partial charge in [0.1, 0.15) is 5.76 Å². The lowest BCUT2D eigenvalue weighted by molar-refractivity contribution is 0.506. The molecule has 2 rings (SSSR count). The third-order valence-electron chi connectivity index (χ3n) is 3.44. The van der Waals surface area contributed by atoms with E-state index in [-0.39, 0.29) is 0 Å². The molecular weight excluding hydrogens is 308 g/mol. The number of rotatable bonds is 8. The molecule has 0 radical (unpaired) electrons. The predicted octanol–water partition coefficient (Wildman–Crippen LogP) is 3.08. The molecular formula is C17H26N4OS. The van der Waals surface area contributed by atoms with E-state index in [1.165, 1.54) is 9.88 Å². The standard InChI is InChI=1S/C17H26N4OS/c1-4-9-18-17(19-10-7-15-6-5-12-22-15)20-11-8-16-21-13(2)14(3)23-16/h5-6,12H,4,7-11H2,1-3H3,(H2,18,19,20). The van der Waals surface area contributed by atoms with Crippen LogP contribution < -0.4 is 10.6 Å². The number of nitrogens with one attached hydrogen (secondary N) is 2. The van der Waals surface area contributed by atoms with Crippen LogP contribution >= 0.6 is 11.3 Å². The molecule has 0 aliphatic carbocycles. The van der Waals surface area contributed by atoms with Crippen molar-refractivity contribution < 1.29 is 4.42 Å². The maximum atomic E-state index is 5.34. The molecule has 0 fully saturated rings. The van der Waals surface area contributed by atoms with Crippen LogP contribution in [0.3, 0.4) is 0 Å². The number of aliphatic imine (C=N–C) groups is 1. The lowest BCUT2D eigenvalue weighted by Gasteiger charge is -2.11. The van der Waals surface area contributed by atoms with E-state index >= 15 is 0 Å². The van der Waals surface area contributed by atoms with Crippen LogP contribution in [0, 0.1) is 13.8 Å². The zero-order valence-corrected chi connectivity index (χ0v) is 15.0. The van der Waals surface area contributed by atoms with E-state index in [4.69, 9.17) is 4.42 Å². The molecule has 0 atom stereocenters. The van der Waals surface area contributed by atoms with Gasteiger partial charge in [-0.15, -0.1) is 11.3 Å². The molecule has 6 heteroatoms. The molecule has 0 saturated carbocycles. The summed E-state index contributed by atoms with van der Waals surface area (Å²) in [5.41, 5.74) is 1.14. The molecule has 0 saturated heterocycles. The molecule has 2 N–H and O–H groups in total. The molecule has 5 nitrogen and oxygen atoms in total. The number of thiazole rings is 1. The molecule has 0 aromatic carbocycles. The Bertz CT molecular complexity index is 585. The predicted molar refractivity (Wildman–Crippen MR) is 96.3 cm³/mol. The molecule has 23 heavy (non-hydrogen) atoms. The summed E-state index contributed by atoms with van der Waals surface area (Å²) in [6.45, 7) is 8.78. The molecule has 126 valence electrons. The highest BCUT2D eigenvalue weighted by atomic mass is 32.1. The molecule has 2 aromatic heterocycles. The maximum absolute atomic E-state index is 5.34. The van der Waals surface area contributed by atoms with Gasteiger partial charge < -0.3 is 15.1 Å². The number of hydrogen-bond acceptors (Lipinski definition) is 4. The summed E-state index contributed by atoms with van der Waals surface area (Å²) in [5.74, 6) is 1.85. The van der Waals surface area contributed by atoms with Crippen LogP contribution in [-0.2, 0) is 12.8 Å². The summed E-state index contributed by atoms with van der Waals surface area (Å²) in [6, 6.07) is 3.91. The van der Waals surface area contributed by atoms with Gasteiger partial charge in [0.25, 0.3) is 0 Å². The Morgan fingerprint density at radius 3 is 2.65 bits per heavy atom. The second-order valence-corrected chi connectivity index (χ2v) is 6.70. The Kier molecular flexibility index (Phi) is 7.13. The maximum Gasteiger partial charge on any atom is 0.191 e. The van der Waals surface area contributed by atoms with E-state index in [2.05, 4.69) is 41.4 Å². The van der Waals surface area contributed by atoms with Crippen molar-refractivity contribution in [2.24, 2.45) is 4.99 Å². The summed E-state index contributed by atoms with van der Waals surface area (Å²) in [7, 11) is 0. The van der Waals surface area contributed by atoms with Gasteiger partial charge in [0.2, 0.25) is 0 Å². The van der Waals surface area contributed by atoms with Crippen LogP contribution in [0.1, 0.15) is 34.7 Å². The van der Waals surface area contributed by atoms with Crippen LogP contribution in [-0.4, -0.2) is 30.6 Å². The molecule has 0 bridgehead atoms. The summed E-state index contributed by atoms with van der Waals surface area (Å²) in [4.78, 5) is 10.4. The average Bonchev–Trinajstić information content (AvgIpc) is 3.15. The minimum atomic E-state index is 0.804. The second kappa shape index (κ2) is 9.35. The summed E-state index contributed by atoms with van der Waals surface area (Å²) >= 11 is 1.78. The van der Waals surface area contributed by atoms with E-state index in [9.17, 15) is 0 Å². The number of aryl methyl sites for hydroxylation is 2. The van der Waals surface area contributed by atoms with E-state index in [1.54, 1.807) is 17.6 Å². The summed E-state index contributed by atoms with van der Waals surface area (Å²) in [6.07, 6.45) is 4.52. The Morgan fingerprint density at radius 1 is 1.26 bits per heavy atom. The van der Waals surface area contributed by atoms with Gasteiger partial charge in [-0.1, -0.05) is 6.92 Å². The van der Waals surface area contributed by atoms with Crippen LogP contribution in [0.5, 0.6) is 0 Å². The fraction of sp³-hybridized carbons (Fsp3) is 0.529. The minimum Gasteiger partial charge on any atom is -0.469 e. The summed E-state index contributed by atoms with van der Waals surface area (Å²) in [5, 5.41) is 7.92. The first-order valence-electron chi connectivity index (χ1n) is 8.16. The van der Waals surface area contributed by atoms with Crippen LogP contribution in [0.4, 0.5) is 0 Å². The molecule has 2 aromatic rings. The normalized spacial score (nSPS) is 11.7. The quantitative estimate of drug-likeness (QED) is 0.575. The van der Waals surface area contributed by atoms with Crippen molar-refractivity contribution in [1.29, 1.82) is 0 Å². The van der Waals surface area contributed by atoms with Gasteiger partial charge in [0, 0.05) is 37.4 Å². The Hall–Kier alpha value is -1.82. The Labute approximate surface area is 142 Å². The Balaban J connectivity index is 1.76. The zero-order chi connectivity index (χ0) is 16.5. The first-order chi connectivity index (χ1) is 11.2.